The Bertz CT molecular complexity index is 526. The zero-order valence-electron chi connectivity index (χ0n) is 9.64. The second-order valence-electron chi connectivity index (χ2n) is 3.65. The zero-order valence-corrected chi connectivity index (χ0v) is 10.4. The van der Waals surface area contributed by atoms with Crippen LogP contribution in [-0.2, 0) is 0 Å². The molecule has 0 atom stereocenters. The Hall–Kier alpha value is -1.75. The number of hydrogen-bond acceptors (Lipinski definition) is 5. The van der Waals surface area contributed by atoms with E-state index in [0.717, 1.165) is 6.54 Å². The highest BCUT2D eigenvalue weighted by molar-refractivity contribution is 6.31. The molecule has 0 amide bonds. The molecule has 2 aromatic rings. The molecule has 5 nitrogen and oxygen atoms in total. The van der Waals surface area contributed by atoms with Gasteiger partial charge in [0.2, 0.25) is 0 Å². The van der Waals surface area contributed by atoms with Crippen molar-refractivity contribution in [1.29, 1.82) is 0 Å². The molecule has 0 spiro atoms. The van der Waals surface area contributed by atoms with Gasteiger partial charge in [-0.15, -0.1) is 0 Å². The predicted molar refractivity (Wildman–Crippen MR) is 68.1 cm³/mol. The Balaban J connectivity index is 2.40. The molecule has 0 bridgehead atoms. The van der Waals surface area contributed by atoms with Crippen molar-refractivity contribution < 1.29 is 4.52 Å². The number of nitrogens with two attached hydrogens (primary N) is 1. The summed E-state index contributed by atoms with van der Waals surface area (Å²) in [5.41, 5.74) is 7.05. The summed E-state index contributed by atoms with van der Waals surface area (Å²) in [7, 11) is 1.88. The zero-order chi connectivity index (χ0) is 12.4. The van der Waals surface area contributed by atoms with Gasteiger partial charge in [0.05, 0.1) is 5.56 Å². The molecule has 1 aromatic heterocycles. The SMILES string of the molecule is CCN(C)c1noc(-c2cc(Cl)ccc2N)n1. The molecule has 2 rings (SSSR count). The molecule has 90 valence electrons. The number of nitrogen functional groups attached to an aromatic ring is 1. The van der Waals surface area contributed by atoms with Crippen LogP contribution in [0.3, 0.4) is 0 Å². The first-order valence-corrected chi connectivity index (χ1v) is 5.60. The van der Waals surface area contributed by atoms with Gasteiger partial charge in [0, 0.05) is 24.3 Å². The van der Waals surface area contributed by atoms with Gasteiger partial charge in [-0.1, -0.05) is 11.6 Å². The Morgan fingerprint density at radius 3 is 2.94 bits per heavy atom. The van der Waals surface area contributed by atoms with Gasteiger partial charge in [0.1, 0.15) is 0 Å². The van der Waals surface area contributed by atoms with E-state index < -0.39 is 0 Å². The van der Waals surface area contributed by atoms with E-state index in [-0.39, 0.29) is 0 Å². The van der Waals surface area contributed by atoms with Crippen LogP contribution >= 0.6 is 11.6 Å². The fourth-order valence-electron chi connectivity index (χ4n) is 1.34. The van der Waals surface area contributed by atoms with Gasteiger partial charge in [0.25, 0.3) is 11.8 Å². The standard InChI is InChI=1S/C11H13ClN4O/c1-3-16(2)11-14-10(17-15-11)8-6-7(12)4-5-9(8)13/h4-6H,3,13H2,1-2H3. The van der Waals surface area contributed by atoms with Crippen LogP contribution in [0.4, 0.5) is 11.6 Å². The maximum absolute atomic E-state index is 5.91. The second-order valence-corrected chi connectivity index (χ2v) is 4.08. The topological polar surface area (TPSA) is 68.2 Å². The third-order valence-corrected chi connectivity index (χ3v) is 2.71. The van der Waals surface area contributed by atoms with Crippen LogP contribution in [0.5, 0.6) is 0 Å². The first-order valence-electron chi connectivity index (χ1n) is 5.22. The second kappa shape index (κ2) is 4.63. The summed E-state index contributed by atoms with van der Waals surface area (Å²) in [5.74, 6) is 0.905. The number of nitrogens with zero attached hydrogens (tertiary/aromatic N) is 3. The van der Waals surface area contributed by atoms with E-state index in [9.17, 15) is 0 Å². The van der Waals surface area contributed by atoms with E-state index in [0.29, 0.717) is 28.1 Å². The van der Waals surface area contributed by atoms with E-state index in [2.05, 4.69) is 10.1 Å². The summed E-state index contributed by atoms with van der Waals surface area (Å²) >= 11 is 5.91. The van der Waals surface area contributed by atoms with Gasteiger partial charge in [-0.25, -0.2) is 0 Å². The summed E-state index contributed by atoms with van der Waals surface area (Å²) in [6.07, 6.45) is 0. The van der Waals surface area contributed by atoms with E-state index in [1.54, 1.807) is 18.2 Å². The minimum absolute atomic E-state index is 0.375. The number of anilines is 2. The lowest BCUT2D eigenvalue weighted by atomic mass is 10.2. The molecule has 0 aliphatic heterocycles. The quantitative estimate of drug-likeness (QED) is 0.850. The van der Waals surface area contributed by atoms with Crippen molar-refractivity contribution in [2.75, 3.05) is 24.2 Å². The van der Waals surface area contributed by atoms with Crippen molar-refractivity contribution in [3.63, 3.8) is 0 Å². The Labute approximate surface area is 104 Å². The molecule has 0 aliphatic rings. The van der Waals surface area contributed by atoms with Crippen molar-refractivity contribution in [3.05, 3.63) is 23.2 Å². The van der Waals surface area contributed by atoms with Crippen LogP contribution in [0.1, 0.15) is 6.92 Å². The van der Waals surface area contributed by atoms with Crippen LogP contribution < -0.4 is 10.6 Å². The first-order chi connectivity index (χ1) is 8.11. The highest BCUT2D eigenvalue weighted by Crippen LogP contribution is 2.28. The molecule has 17 heavy (non-hydrogen) atoms. The van der Waals surface area contributed by atoms with Gasteiger partial charge in [-0.2, -0.15) is 4.98 Å². The fraction of sp³-hybridized carbons (Fsp3) is 0.273. The van der Waals surface area contributed by atoms with Crippen LogP contribution in [-0.4, -0.2) is 23.7 Å². The average Bonchev–Trinajstić information content (AvgIpc) is 2.80. The fourth-order valence-corrected chi connectivity index (χ4v) is 1.51. The molecule has 2 N–H and O–H groups in total. The molecule has 1 heterocycles. The normalized spacial score (nSPS) is 10.5. The molecule has 1 aromatic carbocycles. The molecule has 6 heteroatoms. The maximum atomic E-state index is 5.91. The Kier molecular flexibility index (Phi) is 3.19. The number of benzene rings is 1. The highest BCUT2D eigenvalue weighted by atomic mass is 35.5. The molecule has 0 aliphatic carbocycles. The lowest BCUT2D eigenvalue weighted by molar-refractivity contribution is 0.430. The van der Waals surface area contributed by atoms with Crippen LogP contribution in [0, 0.1) is 0 Å². The van der Waals surface area contributed by atoms with E-state index in [4.69, 9.17) is 21.9 Å². The summed E-state index contributed by atoms with van der Waals surface area (Å²) in [4.78, 5) is 6.13. The van der Waals surface area contributed by atoms with Gasteiger partial charge >= 0.3 is 0 Å². The molecule has 0 radical (unpaired) electrons. The molecule has 0 saturated heterocycles. The Morgan fingerprint density at radius 1 is 1.47 bits per heavy atom. The predicted octanol–water partition coefficient (Wildman–Crippen LogP) is 2.43. The molecular formula is C11H13ClN4O. The van der Waals surface area contributed by atoms with Gasteiger partial charge in [-0.3, -0.25) is 0 Å². The van der Waals surface area contributed by atoms with Gasteiger partial charge < -0.3 is 15.2 Å². The van der Waals surface area contributed by atoms with Crippen molar-refractivity contribution >= 4 is 23.2 Å². The third kappa shape index (κ3) is 2.34. The van der Waals surface area contributed by atoms with Crippen molar-refractivity contribution in [2.45, 2.75) is 6.92 Å². The molecule has 0 unspecified atom stereocenters. The van der Waals surface area contributed by atoms with Crippen LogP contribution in [0.15, 0.2) is 22.7 Å². The number of aromatic nitrogens is 2. The summed E-state index contributed by atoms with van der Waals surface area (Å²) in [6.45, 7) is 2.80. The third-order valence-electron chi connectivity index (χ3n) is 2.48. The lowest BCUT2D eigenvalue weighted by Crippen LogP contribution is -2.16. The van der Waals surface area contributed by atoms with E-state index in [1.165, 1.54) is 0 Å². The molecule has 0 saturated carbocycles. The summed E-state index contributed by atoms with van der Waals surface area (Å²) in [5, 5.41) is 4.46. The largest absolute Gasteiger partial charge is 0.398 e. The summed E-state index contributed by atoms with van der Waals surface area (Å²) in [6, 6.07) is 5.14. The summed E-state index contributed by atoms with van der Waals surface area (Å²) < 4.78 is 5.17. The van der Waals surface area contributed by atoms with Gasteiger partial charge in [-0.05, 0) is 30.3 Å². The maximum Gasteiger partial charge on any atom is 0.266 e. The minimum atomic E-state index is 0.375. The lowest BCUT2D eigenvalue weighted by Gasteiger charge is -2.08. The van der Waals surface area contributed by atoms with E-state index in [1.807, 2.05) is 18.9 Å². The van der Waals surface area contributed by atoms with Crippen LogP contribution in [0.25, 0.3) is 11.5 Å². The first kappa shape index (κ1) is 11.7. The van der Waals surface area contributed by atoms with E-state index >= 15 is 0 Å². The van der Waals surface area contributed by atoms with Gasteiger partial charge in [0.15, 0.2) is 0 Å². The minimum Gasteiger partial charge on any atom is -0.398 e. The van der Waals surface area contributed by atoms with Crippen molar-refractivity contribution in [3.8, 4) is 11.5 Å². The monoisotopic (exact) mass is 252 g/mol. The number of halogens is 1. The molecular weight excluding hydrogens is 240 g/mol. The highest BCUT2D eigenvalue weighted by Gasteiger charge is 2.13. The average molecular weight is 253 g/mol. The molecule has 0 fully saturated rings. The van der Waals surface area contributed by atoms with Crippen molar-refractivity contribution in [1.82, 2.24) is 10.1 Å². The number of hydrogen-bond donors (Lipinski definition) is 1. The van der Waals surface area contributed by atoms with Crippen LogP contribution in [0.2, 0.25) is 5.02 Å². The van der Waals surface area contributed by atoms with Crippen molar-refractivity contribution in [2.24, 2.45) is 0 Å². The smallest absolute Gasteiger partial charge is 0.266 e. The number of rotatable bonds is 3. The Morgan fingerprint density at radius 2 is 2.24 bits per heavy atom.